The lowest BCUT2D eigenvalue weighted by molar-refractivity contribution is 0.897. The van der Waals surface area contributed by atoms with Crippen molar-refractivity contribution in [1.29, 1.82) is 0 Å². The molecule has 22 heavy (non-hydrogen) atoms. The number of imidazole rings is 1. The molecule has 0 atom stereocenters. The summed E-state index contributed by atoms with van der Waals surface area (Å²) in [5, 5.41) is 0. The summed E-state index contributed by atoms with van der Waals surface area (Å²) in [6, 6.07) is 20.9. The van der Waals surface area contributed by atoms with Gasteiger partial charge in [-0.25, -0.2) is 4.98 Å². The van der Waals surface area contributed by atoms with E-state index in [2.05, 4.69) is 65.7 Å². The highest BCUT2D eigenvalue weighted by Crippen LogP contribution is 2.23. The van der Waals surface area contributed by atoms with Crippen LogP contribution < -0.4 is 0 Å². The number of allylic oxidation sites excluding steroid dienone is 2. The van der Waals surface area contributed by atoms with Gasteiger partial charge in [0.15, 0.2) is 0 Å². The van der Waals surface area contributed by atoms with Crippen LogP contribution in [0.2, 0.25) is 0 Å². The Kier molecular flexibility index (Phi) is 4.30. The second-order valence-electron chi connectivity index (χ2n) is 5.07. The molecule has 3 aromatic rings. The zero-order valence-electron chi connectivity index (χ0n) is 12.6. The molecule has 0 aliphatic heterocycles. The Labute approximate surface area is 131 Å². The second-order valence-corrected chi connectivity index (χ2v) is 5.07. The van der Waals surface area contributed by atoms with Gasteiger partial charge in [0.25, 0.3) is 0 Å². The number of hydrogen-bond acceptors (Lipinski definition) is 1. The maximum atomic E-state index is 4.31. The highest BCUT2D eigenvalue weighted by Gasteiger charge is 2.02. The van der Waals surface area contributed by atoms with E-state index in [0.717, 1.165) is 5.82 Å². The minimum Gasteiger partial charge on any atom is -0.335 e. The number of aromatic nitrogens is 2. The molecule has 0 saturated heterocycles. The van der Waals surface area contributed by atoms with Crippen molar-refractivity contribution in [3.63, 3.8) is 0 Å². The second kappa shape index (κ2) is 6.72. The van der Waals surface area contributed by atoms with Crippen LogP contribution in [-0.4, -0.2) is 9.55 Å². The van der Waals surface area contributed by atoms with Crippen molar-refractivity contribution in [1.82, 2.24) is 9.55 Å². The van der Waals surface area contributed by atoms with Crippen molar-refractivity contribution >= 4 is 11.6 Å². The molecule has 3 rings (SSSR count). The Morgan fingerprint density at radius 3 is 2.00 bits per heavy atom. The standard InChI is InChI=1S/C20H18N2/c1-22-16-15-21-20(22)14-8-13-19(17-9-4-2-5-10-17)18-11-6-3-7-12-18/h2-16H,1H3. The van der Waals surface area contributed by atoms with Crippen molar-refractivity contribution in [3.05, 3.63) is 102 Å². The zero-order chi connectivity index (χ0) is 15.2. The van der Waals surface area contributed by atoms with Crippen LogP contribution in [-0.2, 0) is 7.05 Å². The SMILES string of the molecule is Cn1ccnc1C=CC=C(c1ccccc1)c1ccccc1. The predicted molar refractivity (Wildman–Crippen MR) is 92.2 cm³/mol. The van der Waals surface area contributed by atoms with Crippen LogP contribution in [0.4, 0.5) is 0 Å². The fourth-order valence-electron chi connectivity index (χ4n) is 2.36. The molecule has 0 bridgehead atoms. The number of rotatable bonds is 4. The fraction of sp³-hybridized carbons (Fsp3) is 0.0500. The lowest BCUT2D eigenvalue weighted by Gasteiger charge is -2.07. The molecule has 0 radical (unpaired) electrons. The molecule has 2 aromatic carbocycles. The summed E-state index contributed by atoms with van der Waals surface area (Å²) in [7, 11) is 1.99. The lowest BCUT2D eigenvalue weighted by Crippen LogP contribution is -1.89. The molecule has 0 saturated carbocycles. The predicted octanol–water partition coefficient (Wildman–Crippen LogP) is 4.57. The molecule has 1 aromatic heterocycles. The van der Waals surface area contributed by atoms with Gasteiger partial charge in [-0.05, 0) is 22.8 Å². The highest BCUT2D eigenvalue weighted by molar-refractivity contribution is 5.81. The van der Waals surface area contributed by atoms with Gasteiger partial charge in [-0.3, -0.25) is 0 Å². The third-order valence-corrected chi connectivity index (χ3v) is 3.54. The first-order valence-corrected chi connectivity index (χ1v) is 7.31. The quantitative estimate of drug-likeness (QED) is 0.643. The van der Waals surface area contributed by atoms with Gasteiger partial charge in [0.05, 0.1) is 0 Å². The molecule has 0 amide bonds. The van der Waals surface area contributed by atoms with Gasteiger partial charge in [0.2, 0.25) is 0 Å². The average Bonchev–Trinajstić information content (AvgIpc) is 2.98. The van der Waals surface area contributed by atoms with E-state index in [-0.39, 0.29) is 0 Å². The first-order chi connectivity index (χ1) is 10.8. The van der Waals surface area contributed by atoms with Crippen LogP contribution in [0.25, 0.3) is 11.6 Å². The van der Waals surface area contributed by atoms with Crippen LogP contribution in [0.1, 0.15) is 17.0 Å². The van der Waals surface area contributed by atoms with Crippen molar-refractivity contribution in [3.8, 4) is 0 Å². The smallest absolute Gasteiger partial charge is 0.132 e. The first kappa shape index (κ1) is 14.1. The summed E-state index contributed by atoms with van der Waals surface area (Å²) in [6.07, 6.45) is 9.96. The molecule has 0 spiro atoms. The van der Waals surface area contributed by atoms with E-state index in [1.54, 1.807) is 6.20 Å². The molecule has 0 aliphatic carbocycles. The Morgan fingerprint density at radius 2 is 1.50 bits per heavy atom. The van der Waals surface area contributed by atoms with Gasteiger partial charge < -0.3 is 4.57 Å². The largest absolute Gasteiger partial charge is 0.335 e. The molecular formula is C20H18N2. The summed E-state index contributed by atoms with van der Waals surface area (Å²) in [4.78, 5) is 4.31. The van der Waals surface area contributed by atoms with Crippen molar-refractivity contribution in [2.24, 2.45) is 7.05 Å². The molecule has 0 unspecified atom stereocenters. The normalized spacial score (nSPS) is 10.8. The number of benzene rings is 2. The van der Waals surface area contributed by atoms with E-state index in [0.29, 0.717) is 0 Å². The summed E-state index contributed by atoms with van der Waals surface area (Å²) < 4.78 is 2.00. The Hall–Kier alpha value is -2.87. The van der Waals surface area contributed by atoms with Gasteiger partial charge in [0, 0.05) is 19.4 Å². The molecule has 2 heteroatoms. The Balaban J connectivity index is 1.97. The van der Waals surface area contributed by atoms with Crippen LogP contribution in [0.15, 0.2) is 85.2 Å². The summed E-state index contributed by atoms with van der Waals surface area (Å²) in [5.74, 6) is 0.941. The number of nitrogens with zero attached hydrogens (tertiary/aromatic N) is 2. The maximum Gasteiger partial charge on any atom is 0.132 e. The van der Waals surface area contributed by atoms with E-state index in [1.165, 1.54) is 16.7 Å². The molecule has 2 nitrogen and oxygen atoms in total. The molecular weight excluding hydrogens is 268 g/mol. The summed E-state index contributed by atoms with van der Waals surface area (Å²) >= 11 is 0. The minimum atomic E-state index is 0.941. The van der Waals surface area contributed by atoms with E-state index in [1.807, 2.05) is 36.0 Å². The van der Waals surface area contributed by atoms with Crippen LogP contribution in [0.5, 0.6) is 0 Å². The van der Waals surface area contributed by atoms with Gasteiger partial charge in [-0.2, -0.15) is 0 Å². The zero-order valence-corrected chi connectivity index (χ0v) is 12.6. The van der Waals surface area contributed by atoms with E-state index in [4.69, 9.17) is 0 Å². The Morgan fingerprint density at radius 1 is 0.909 bits per heavy atom. The van der Waals surface area contributed by atoms with Crippen LogP contribution in [0.3, 0.4) is 0 Å². The third kappa shape index (κ3) is 3.23. The number of aryl methyl sites for hydroxylation is 1. The Bertz CT molecular complexity index is 739. The first-order valence-electron chi connectivity index (χ1n) is 7.31. The lowest BCUT2D eigenvalue weighted by atomic mass is 9.97. The summed E-state index contributed by atoms with van der Waals surface area (Å²) in [5.41, 5.74) is 3.61. The average molecular weight is 286 g/mol. The van der Waals surface area contributed by atoms with Gasteiger partial charge >= 0.3 is 0 Å². The van der Waals surface area contributed by atoms with Crippen LogP contribution in [0, 0.1) is 0 Å². The van der Waals surface area contributed by atoms with E-state index in [9.17, 15) is 0 Å². The van der Waals surface area contributed by atoms with Crippen LogP contribution >= 0.6 is 0 Å². The summed E-state index contributed by atoms with van der Waals surface area (Å²) in [6.45, 7) is 0. The topological polar surface area (TPSA) is 17.8 Å². The minimum absolute atomic E-state index is 0.941. The van der Waals surface area contributed by atoms with Gasteiger partial charge in [0.1, 0.15) is 5.82 Å². The highest BCUT2D eigenvalue weighted by atomic mass is 15.0. The van der Waals surface area contributed by atoms with E-state index < -0.39 is 0 Å². The third-order valence-electron chi connectivity index (χ3n) is 3.54. The number of hydrogen-bond donors (Lipinski definition) is 0. The molecule has 1 heterocycles. The molecule has 0 N–H and O–H groups in total. The molecule has 0 aliphatic rings. The fourth-order valence-corrected chi connectivity index (χ4v) is 2.36. The van der Waals surface area contributed by atoms with Crippen molar-refractivity contribution < 1.29 is 0 Å². The van der Waals surface area contributed by atoms with Crippen molar-refractivity contribution in [2.75, 3.05) is 0 Å². The van der Waals surface area contributed by atoms with Gasteiger partial charge in [-0.15, -0.1) is 0 Å². The molecule has 108 valence electrons. The monoisotopic (exact) mass is 286 g/mol. The maximum absolute atomic E-state index is 4.31. The molecule has 0 fully saturated rings. The van der Waals surface area contributed by atoms with Crippen molar-refractivity contribution in [2.45, 2.75) is 0 Å². The van der Waals surface area contributed by atoms with E-state index >= 15 is 0 Å². The van der Waals surface area contributed by atoms with Gasteiger partial charge in [-0.1, -0.05) is 72.8 Å².